The lowest BCUT2D eigenvalue weighted by molar-refractivity contribution is 0.319. The molecule has 160 valence electrons. The van der Waals surface area contributed by atoms with Crippen molar-refractivity contribution in [2.75, 3.05) is 28.7 Å². The van der Waals surface area contributed by atoms with E-state index >= 15 is 0 Å². The zero-order chi connectivity index (χ0) is 21.3. The van der Waals surface area contributed by atoms with Gasteiger partial charge in [0.05, 0.1) is 10.5 Å². The van der Waals surface area contributed by atoms with Crippen LogP contribution in [0.5, 0.6) is 0 Å². The molecular formula is C18H20ClFN6O3S. The number of pyridine rings is 1. The van der Waals surface area contributed by atoms with Gasteiger partial charge in [-0.3, -0.25) is 9.11 Å². The number of rotatable bonds is 5. The van der Waals surface area contributed by atoms with Crippen LogP contribution in [0.1, 0.15) is 12.0 Å². The molecular weight excluding hydrogens is 435 g/mol. The third-order valence-corrected chi connectivity index (χ3v) is 7.03. The van der Waals surface area contributed by atoms with Crippen LogP contribution in [0.4, 0.5) is 16.0 Å². The Bertz CT molecular complexity index is 1110. The number of hydrogen-bond acceptors (Lipinski definition) is 7. The number of H-pyrrole nitrogens is 1. The monoisotopic (exact) mass is 454 g/mol. The summed E-state index contributed by atoms with van der Waals surface area (Å²) in [5.41, 5.74) is 1.88. The summed E-state index contributed by atoms with van der Waals surface area (Å²) in [5.74, 6) is 0.981. The van der Waals surface area contributed by atoms with Gasteiger partial charge in [0.2, 0.25) is 5.95 Å². The molecule has 1 aromatic carbocycles. The fourth-order valence-electron chi connectivity index (χ4n) is 3.35. The Balaban J connectivity index is 1.54. The number of oxime groups is 1. The van der Waals surface area contributed by atoms with E-state index in [0.717, 1.165) is 6.42 Å². The normalized spacial score (nSPS) is 19.7. The second-order valence-corrected chi connectivity index (χ2v) is 9.81. The summed E-state index contributed by atoms with van der Waals surface area (Å²) in [4.78, 5) is 11.7. The standard InChI is InChI=1S/C18H20ClFN6O3S/c19-13-7-11(1-2-14(13)20)23-16(26-27)12-3-5-21-17-15(12)24-18(25-17)22-8-10-4-6-30(28,29)9-10/h1-3,5,7,10,27-29H,4,6,8-9H2,(H,23,26)(H2,21,22,24,25). The fourth-order valence-corrected chi connectivity index (χ4v) is 5.45. The molecule has 0 radical (unpaired) electrons. The minimum atomic E-state index is -2.45. The number of aromatic nitrogens is 3. The highest BCUT2D eigenvalue weighted by Crippen LogP contribution is 2.48. The maximum atomic E-state index is 13.4. The fraction of sp³-hybridized carbons (Fsp3) is 0.278. The van der Waals surface area contributed by atoms with Crippen LogP contribution in [-0.4, -0.2) is 53.2 Å². The third-order valence-electron chi connectivity index (χ3n) is 4.84. The summed E-state index contributed by atoms with van der Waals surface area (Å²) in [6.45, 7) is 0.540. The number of imidazole rings is 1. The van der Waals surface area contributed by atoms with Crippen LogP contribution < -0.4 is 10.6 Å². The molecule has 1 aliphatic heterocycles. The summed E-state index contributed by atoms with van der Waals surface area (Å²) in [7, 11) is -2.45. The first-order chi connectivity index (χ1) is 14.3. The minimum Gasteiger partial charge on any atom is -0.409 e. The van der Waals surface area contributed by atoms with Gasteiger partial charge >= 0.3 is 0 Å². The molecule has 12 heteroatoms. The minimum absolute atomic E-state index is 0.0614. The van der Waals surface area contributed by atoms with E-state index in [2.05, 4.69) is 30.7 Å². The number of amidine groups is 1. The second kappa shape index (κ2) is 8.26. The van der Waals surface area contributed by atoms with Gasteiger partial charge in [-0.25, -0.2) is 9.37 Å². The molecule has 0 amide bonds. The van der Waals surface area contributed by atoms with Crippen LogP contribution in [0.25, 0.3) is 11.2 Å². The van der Waals surface area contributed by atoms with Crippen LogP contribution in [0.2, 0.25) is 5.02 Å². The predicted octanol–water partition coefficient (Wildman–Crippen LogP) is 4.18. The van der Waals surface area contributed by atoms with Crippen molar-refractivity contribution in [3.63, 3.8) is 0 Å². The van der Waals surface area contributed by atoms with Gasteiger partial charge in [0, 0.05) is 35.5 Å². The molecule has 1 saturated heterocycles. The number of halogens is 2. The van der Waals surface area contributed by atoms with Gasteiger partial charge in [-0.1, -0.05) is 16.8 Å². The van der Waals surface area contributed by atoms with Gasteiger partial charge in [0.15, 0.2) is 11.5 Å². The van der Waals surface area contributed by atoms with Crippen molar-refractivity contribution < 1.29 is 18.7 Å². The maximum Gasteiger partial charge on any atom is 0.202 e. The first-order valence-corrected chi connectivity index (χ1v) is 11.4. The molecule has 30 heavy (non-hydrogen) atoms. The molecule has 1 atom stereocenters. The highest BCUT2D eigenvalue weighted by molar-refractivity contribution is 8.24. The molecule has 0 bridgehead atoms. The molecule has 0 aliphatic carbocycles. The van der Waals surface area contributed by atoms with Gasteiger partial charge in [-0.05, 0) is 36.6 Å². The van der Waals surface area contributed by atoms with E-state index in [4.69, 9.17) is 11.6 Å². The van der Waals surface area contributed by atoms with Gasteiger partial charge in [-0.2, -0.15) is 15.6 Å². The average Bonchev–Trinajstić information content (AvgIpc) is 3.29. The van der Waals surface area contributed by atoms with Crippen LogP contribution in [-0.2, 0) is 0 Å². The first kappa shape index (κ1) is 20.7. The summed E-state index contributed by atoms with van der Waals surface area (Å²) >= 11 is 5.81. The van der Waals surface area contributed by atoms with E-state index < -0.39 is 16.4 Å². The summed E-state index contributed by atoms with van der Waals surface area (Å²) < 4.78 is 32.9. The highest BCUT2D eigenvalue weighted by Gasteiger charge is 2.28. The van der Waals surface area contributed by atoms with Gasteiger partial charge in [0.1, 0.15) is 5.82 Å². The van der Waals surface area contributed by atoms with Crippen molar-refractivity contribution in [2.45, 2.75) is 6.42 Å². The topological polar surface area (TPSA) is 139 Å². The molecule has 4 rings (SSSR count). The smallest absolute Gasteiger partial charge is 0.202 e. The number of benzene rings is 1. The van der Waals surface area contributed by atoms with E-state index in [9.17, 15) is 18.7 Å². The predicted molar refractivity (Wildman–Crippen MR) is 116 cm³/mol. The molecule has 0 spiro atoms. The molecule has 9 nitrogen and oxygen atoms in total. The summed E-state index contributed by atoms with van der Waals surface area (Å²) in [5, 5.41) is 18.8. The Labute approximate surface area is 177 Å². The van der Waals surface area contributed by atoms with Crippen molar-refractivity contribution in [2.24, 2.45) is 11.1 Å². The number of aromatic amines is 1. The van der Waals surface area contributed by atoms with E-state index in [-0.39, 0.29) is 16.8 Å². The van der Waals surface area contributed by atoms with E-state index in [0.29, 0.717) is 46.4 Å². The molecule has 1 unspecified atom stereocenters. The van der Waals surface area contributed by atoms with Gasteiger partial charge in [0.25, 0.3) is 0 Å². The van der Waals surface area contributed by atoms with Crippen molar-refractivity contribution in [1.29, 1.82) is 0 Å². The summed E-state index contributed by atoms with van der Waals surface area (Å²) in [6, 6.07) is 5.70. The second-order valence-electron chi connectivity index (χ2n) is 7.05. The zero-order valence-corrected chi connectivity index (χ0v) is 17.2. The molecule has 2 aromatic heterocycles. The molecule has 6 N–H and O–H groups in total. The Morgan fingerprint density at radius 1 is 1.37 bits per heavy atom. The van der Waals surface area contributed by atoms with Crippen molar-refractivity contribution in [1.82, 2.24) is 15.0 Å². The number of nitrogens with zero attached hydrogens (tertiary/aromatic N) is 3. The molecule has 1 aliphatic rings. The van der Waals surface area contributed by atoms with Crippen molar-refractivity contribution >= 4 is 50.8 Å². The maximum absolute atomic E-state index is 13.4. The zero-order valence-electron chi connectivity index (χ0n) is 15.6. The quantitative estimate of drug-likeness (QED) is 0.147. The lowest BCUT2D eigenvalue weighted by atomic mass is 10.1. The van der Waals surface area contributed by atoms with Crippen LogP contribution in [0.15, 0.2) is 35.6 Å². The SMILES string of the molecule is O/N=C(\Nc1ccc(F)c(Cl)c1)c1ccnc2nc(NCC3CCS(O)(O)C3)[nH]c12. The van der Waals surface area contributed by atoms with Crippen LogP contribution in [0.3, 0.4) is 0 Å². The van der Waals surface area contributed by atoms with Crippen LogP contribution >= 0.6 is 22.2 Å². The van der Waals surface area contributed by atoms with Gasteiger partial charge in [-0.15, -0.1) is 0 Å². The average molecular weight is 455 g/mol. The van der Waals surface area contributed by atoms with Crippen molar-refractivity contribution in [3.05, 3.63) is 46.9 Å². The first-order valence-electron chi connectivity index (χ1n) is 9.11. The largest absolute Gasteiger partial charge is 0.409 e. The Morgan fingerprint density at radius 2 is 2.20 bits per heavy atom. The van der Waals surface area contributed by atoms with Crippen molar-refractivity contribution in [3.8, 4) is 0 Å². The Kier molecular flexibility index (Phi) is 5.69. The highest BCUT2D eigenvalue weighted by atomic mass is 35.5. The van der Waals surface area contributed by atoms with Gasteiger partial charge < -0.3 is 20.8 Å². The third kappa shape index (κ3) is 4.43. The number of fused-ring (bicyclic) bond motifs is 1. The van der Waals surface area contributed by atoms with E-state index in [1.54, 1.807) is 6.07 Å². The lowest BCUT2D eigenvalue weighted by Gasteiger charge is -2.26. The number of nitrogens with one attached hydrogen (secondary N) is 3. The molecule has 3 heterocycles. The molecule has 1 fully saturated rings. The molecule has 3 aromatic rings. The Hall–Kier alpha value is -2.60. The van der Waals surface area contributed by atoms with E-state index in [1.807, 2.05) is 0 Å². The Morgan fingerprint density at radius 3 is 2.90 bits per heavy atom. The van der Waals surface area contributed by atoms with Crippen LogP contribution in [0, 0.1) is 11.7 Å². The number of hydrogen-bond donors (Lipinski definition) is 6. The van der Waals surface area contributed by atoms with E-state index in [1.165, 1.54) is 24.4 Å². The molecule has 0 saturated carbocycles. The lowest BCUT2D eigenvalue weighted by Crippen LogP contribution is -2.15. The summed E-state index contributed by atoms with van der Waals surface area (Å²) in [6.07, 6.45) is 2.27. The number of anilines is 2.